The second-order valence-corrected chi connectivity index (χ2v) is 10.2. The van der Waals surface area contributed by atoms with Crippen LogP contribution in [-0.2, 0) is 6.54 Å². The summed E-state index contributed by atoms with van der Waals surface area (Å²) in [4.78, 5) is 28.9. The number of nitrogens with one attached hydrogen (secondary N) is 3. The van der Waals surface area contributed by atoms with Crippen molar-refractivity contribution in [3.63, 3.8) is 0 Å². The number of anilines is 2. The van der Waals surface area contributed by atoms with Crippen LogP contribution in [0.4, 0.5) is 11.4 Å². The summed E-state index contributed by atoms with van der Waals surface area (Å²) in [6.45, 7) is 7.12. The normalized spacial score (nSPS) is 15.6. The number of benzene rings is 1. The SMILES string of the molecule is CC(Nc1cncc(-c2ccc3[nH]nc(C(=O)Nc4ccc(CN5CCN(C)CC5)nc4)c3c2)c1)N(C)C. The Morgan fingerprint density at radius 3 is 2.58 bits per heavy atom. The second kappa shape index (κ2) is 11.3. The van der Waals surface area contributed by atoms with Gasteiger partial charge in [0.1, 0.15) is 0 Å². The number of rotatable bonds is 8. The van der Waals surface area contributed by atoms with E-state index < -0.39 is 0 Å². The van der Waals surface area contributed by atoms with Gasteiger partial charge in [0.2, 0.25) is 0 Å². The van der Waals surface area contributed by atoms with Crippen LogP contribution in [0.2, 0.25) is 0 Å². The maximum Gasteiger partial charge on any atom is 0.276 e. The van der Waals surface area contributed by atoms with Gasteiger partial charge in [-0.15, -0.1) is 0 Å². The third-order valence-corrected chi connectivity index (χ3v) is 7.06. The van der Waals surface area contributed by atoms with E-state index in [1.807, 2.05) is 56.8 Å². The van der Waals surface area contributed by atoms with Crippen LogP contribution in [0, 0.1) is 0 Å². The van der Waals surface area contributed by atoms with Gasteiger partial charge in [0.25, 0.3) is 5.91 Å². The van der Waals surface area contributed by atoms with Crippen LogP contribution in [0.1, 0.15) is 23.1 Å². The number of amides is 1. The summed E-state index contributed by atoms with van der Waals surface area (Å²) >= 11 is 0. The number of carbonyl (C=O) groups excluding carboxylic acids is 1. The average Bonchev–Trinajstić information content (AvgIpc) is 3.35. The van der Waals surface area contributed by atoms with Crippen LogP contribution in [0.15, 0.2) is 55.0 Å². The molecule has 10 nitrogen and oxygen atoms in total. The number of nitrogens with zero attached hydrogens (tertiary/aromatic N) is 6. The van der Waals surface area contributed by atoms with Crippen molar-refractivity contribution in [3.05, 3.63) is 66.4 Å². The molecule has 0 radical (unpaired) electrons. The summed E-state index contributed by atoms with van der Waals surface area (Å²) in [5.74, 6) is -0.282. The van der Waals surface area contributed by atoms with E-state index in [4.69, 9.17) is 0 Å². The molecule has 3 aromatic heterocycles. The number of aromatic amines is 1. The number of likely N-dealkylation sites (N-methyl/N-ethyl adjacent to an activating group) is 1. The lowest BCUT2D eigenvalue weighted by Crippen LogP contribution is -2.43. The van der Waals surface area contributed by atoms with Crippen LogP contribution in [0.5, 0.6) is 0 Å². The smallest absolute Gasteiger partial charge is 0.276 e. The van der Waals surface area contributed by atoms with E-state index in [1.54, 1.807) is 6.20 Å². The predicted octanol–water partition coefficient (Wildman–Crippen LogP) is 3.34. The second-order valence-electron chi connectivity index (χ2n) is 10.2. The molecule has 1 atom stereocenters. The third-order valence-electron chi connectivity index (χ3n) is 7.06. The number of pyridine rings is 2. The number of hydrogen-bond donors (Lipinski definition) is 3. The van der Waals surface area contributed by atoms with Gasteiger partial charge in [-0.05, 0) is 64.0 Å². The molecule has 1 amide bonds. The zero-order valence-corrected chi connectivity index (χ0v) is 22.4. The molecule has 5 rings (SSSR count). The minimum Gasteiger partial charge on any atom is -0.369 e. The van der Waals surface area contributed by atoms with Gasteiger partial charge in [0, 0.05) is 49.9 Å². The molecule has 0 spiro atoms. The van der Waals surface area contributed by atoms with Crippen molar-refractivity contribution in [3.8, 4) is 11.1 Å². The fourth-order valence-electron chi connectivity index (χ4n) is 4.43. The van der Waals surface area contributed by atoms with Crippen molar-refractivity contribution in [1.29, 1.82) is 0 Å². The van der Waals surface area contributed by atoms with Crippen molar-refractivity contribution in [2.24, 2.45) is 0 Å². The Balaban J connectivity index is 1.29. The van der Waals surface area contributed by atoms with Gasteiger partial charge in [-0.3, -0.25) is 29.7 Å². The zero-order chi connectivity index (χ0) is 26.6. The summed E-state index contributed by atoms with van der Waals surface area (Å²) in [6.07, 6.45) is 5.50. The summed E-state index contributed by atoms with van der Waals surface area (Å²) in [7, 11) is 6.19. The van der Waals surface area contributed by atoms with E-state index >= 15 is 0 Å². The van der Waals surface area contributed by atoms with Crippen LogP contribution in [0.3, 0.4) is 0 Å². The van der Waals surface area contributed by atoms with E-state index in [-0.39, 0.29) is 12.1 Å². The lowest BCUT2D eigenvalue weighted by atomic mass is 10.0. The molecule has 4 heterocycles. The lowest BCUT2D eigenvalue weighted by molar-refractivity contribution is 0.102. The van der Waals surface area contributed by atoms with E-state index in [9.17, 15) is 4.79 Å². The Morgan fingerprint density at radius 1 is 1.03 bits per heavy atom. The highest BCUT2D eigenvalue weighted by Crippen LogP contribution is 2.27. The molecule has 0 aliphatic carbocycles. The summed E-state index contributed by atoms with van der Waals surface area (Å²) in [6, 6.07) is 11.8. The van der Waals surface area contributed by atoms with Gasteiger partial charge in [0.05, 0.1) is 41.1 Å². The first kappa shape index (κ1) is 25.8. The largest absolute Gasteiger partial charge is 0.369 e. The van der Waals surface area contributed by atoms with Crippen LogP contribution >= 0.6 is 0 Å². The first-order valence-electron chi connectivity index (χ1n) is 12.9. The number of aromatic nitrogens is 4. The summed E-state index contributed by atoms with van der Waals surface area (Å²) < 4.78 is 0. The molecule has 1 saturated heterocycles. The Morgan fingerprint density at radius 2 is 1.84 bits per heavy atom. The molecule has 3 N–H and O–H groups in total. The average molecular weight is 514 g/mol. The maximum absolute atomic E-state index is 13.1. The van der Waals surface area contributed by atoms with Crippen LogP contribution in [-0.4, -0.2) is 94.3 Å². The number of piperazine rings is 1. The lowest BCUT2D eigenvalue weighted by Gasteiger charge is -2.32. The van der Waals surface area contributed by atoms with E-state index in [2.05, 4.69) is 65.5 Å². The fourth-order valence-corrected chi connectivity index (χ4v) is 4.43. The van der Waals surface area contributed by atoms with Gasteiger partial charge in [0.15, 0.2) is 5.69 Å². The van der Waals surface area contributed by atoms with Gasteiger partial charge < -0.3 is 15.5 Å². The molecule has 1 unspecified atom stereocenters. The molecule has 1 aliphatic rings. The van der Waals surface area contributed by atoms with Crippen molar-refractivity contribution < 1.29 is 4.79 Å². The first-order valence-corrected chi connectivity index (χ1v) is 12.9. The van der Waals surface area contributed by atoms with Crippen LogP contribution in [0.25, 0.3) is 22.0 Å². The summed E-state index contributed by atoms with van der Waals surface area (Å²) in [5.41, 5.74) is 5.61. The van der Waals surface area contributed by atoms with E-state index in [0.29, 0.717) is 11.4 Å². The third kappa shape index (κ3) is 5.99. The number of fused-ring (bicyclic) bond motifs is 1. The standard InChI is InChI=1S/C28H35N9O/c1-19(35(2)3)31-24-13-21(15-29-16-24)20-5-8-26-25(14-20)27(34-33-26)28(38)32-22-6-7-23(30-17-22)18-37-11-9-36(4)10-12-37/h5-8,13-17,19,31H,9-12,18H2,1-4H3,(H,32,38)(H,33,34). The van der Waals surface area contributed by atoms with Crippen molar-refractivity contribution in [2.75, 3.05) is 58.0 Å². The quantitative estimate of drug-likeness (QED) is 0.308. The topological polar surface area (TPSA) is 105 Å². The Hall–Kier alpha value is -3.86. The molecule has 1 aliphatic heterocycles. The van der Waals surface area contributed by atoms with Gasteiger partial charge in [-0.1, -0.05) is 6.07 Å². The molecule has 0 bridgehead atoms. The first-order chi connectivity index (χ1) is 18.4. The Labute approximate surface area is 223 Å². The molecule has 0 saturated carbocycles. The molecular formula is C28H35N9O. The molecular weight excluding hydrogens is 478 g/mol. The molecule has 4 aromatic rings. The molecule has 10 heteroatoms. The number of carbonyl (C=O) groups is 1. The highest BCUT2D eigenvalue weighted by atomic mass is 16.1. The Kier molecular flexibility index (Phi) is 7.64. The highest BCUT2D eigenvalue weighted by Gasteiger charge is 2.17. The number of H-pyrrole nitrogens is 1. The molecule has 38 heavy (non-hydrogen) atoms. The predicted molar refractivity (Wildman–Crippen MR) is 151 cm³/mol. The molecule has 1 aromatic carbocycles. The van der Waals surface area contributed by atoms with Gasteiger partial charge in [-0.2, -0.15) is 5.10 Å². The van der Waals surface area contributed by atoms with Crippen molar-refractivity contribution >= 4 is 28.2 Å². The highest BCUT2D eigenvalue weighted by molar-refractivity contribution is 6.11. The zero-order valence-electron chi connectivity index (χ0n) is 22.4. The molecule has 1 fully saturated rings. The number of hydrogen-bond acceptors (Lipinski definition) is 8. The van der Waals surface area contributed by atoms with Crippen molar-refractivity contribution in [1.82, 2.24) is 34.9 Å². The Bertz CT molecular complexity index is 1390. The fraction of sp³-hybridized carbons (Fsp3) is 0.357. The van der Waals surface area contributed by atoms with Gasteiger partial charge in [-0.25, -0.2) is 0 Å². The van der Waals surface area contributed by atoms with E-state index in [0.717, 1.165) is 66.1 Å². The van der Waals surface area contributed by atoms with Crippen molar-refractivity contribution in [2.45, 2.75) is 19.6 Å². The van der Waals surface area contributed by atoms with Gasteiger partial charge >= 0.3 is 0 Å². The van der Waals surface area contributed by atoms with Crippen LogP contribution < -0.4 is 10.6 Å². The molecule has 198 valence electrons. The summed E-state index contributed by atoms with van der Waals surface area (Å²) in [5, 5.41) is 14.4. The van der Waals surface area contributed by atoms with E-state index in [1.165, 1.54) is 0 Å². The monoisotopic (exact) mass is 513 g/mol. The minimum atomic E-state index is -0.282. The minimum absolute atomic E-state index is 0.161. The maximum atomic E-state index is 13.1.